The molecular formula is C48H59F2N9O9. The maximum atomic E-state index is 13.6. The first-order valence-electron chi connectivity index (χ1n) is 23.4. The number of fused-ring (bicyclic) bond motifs is 1. The topological polar surface area (TPSA) is 227 Å². The molecule has 4 aliphatic carbocycles. The van der Waals surface area contributed by atoms with Gasteiger partial charge in [-0.2, -0.15) is 19.0 Å². The number of imide groups is 2. The second-order valence-corrected chi connectivity index (χ2v) is 18.3. The van der Waals surface area contributed by atoms with Gasteiger partial charge in [0.1, 0.15) is 29.2 Å². The maximum absolute atomic E-state index is 13.6. The molecule has 5 N–H and O–H groups in total. The van der Waals surface area contributed by atoms with Gasteiger partial charge in [0, 0.05) is 56.8 Å². The van der Waals surface area contributed by atoms with Crippen LogP contribution < -0.4 is 31.3 Å². The fraction of sp³-hybridized carbons (Fsp3) is 0.562. The minimum atomic E-state index is -3.32. The smallest absolute Gasteiger partial charge is 0.394 e. The van der Waals surface area contributed by atoms with Crippen LogP contribution in [-0.4, -0.2) is 129 Å². The number of ether oxygens (including phenoxy) is 5. The van der Waals surface area contributed by atoms with Crippen LogP contribution in [-0.2, 0) is 35.1 Å². The molecule has 4 bridgehead atoms. The Hall–Kier alpha value is -5.85. The summed E-state index contributed by atoms with van der Waals surface area (Å²) in [6, 6.07) is 13.1. The summed E-state index contributed by atoms with van der Waals surface area (Å²) in [6.07, 6.45) is 4.13. The van der Waals surface area contributed by atoms with Gasteiger partial charge in [-0.1, -0.05) is 18.2 Å². The van der Waals surface area contributed by atoms with Crippen LogP contribution in [0.5, 0.6) is 5.75 Å². The third kappa shape index (κ3) is 12.1. The molecule has 2 aromatic carbocycles. The van der Waals surface area contributed by atoms with Crippen molar-refractivity contribution in [1.29, 1.82) is 5.26 Å². The Kier molecular flexibility index (Phi) is 15.8. The monoisotopic (exact) mass is 943 g/mol. The lowest BCUT2D eigenvalue weighted by Crippen LogP contribution is -2.60. The van der Waals surface area contributed by atoms with Crippen molar-refractivity contribution in [3.8, 4) is 11.8 Å². The number of rotatable bonds is 26. The van der Waals surface area contributed by atoms with Gasteiger partial charge >= 0.3 is 6.11 Å². The van der Waals surface area contributed by atoms with E-state index in [1.165, 1.54) is 25.1 Å². The van der Waals surface area contributed by atoms with E-state index in [9.17, 15) is 33.2 Å². The van der Waals surface area contributed by atoms with Crippen LogP contribution in [0.3, 0.4) is 0 Å². The Morgan fingerprint density at radius 3 is 2.22 bits per heavy atom. The molecule has 1 saturated heterocycles. The van der Waals surface area contributed by atoms with Crippen LogP contribution in [0.2, 0.25) is 0 Å². The van der Waals surface area contributed by atoms with Gasteiger partial charge in [-0.15, -0.1) is 0 Å². The number of halogens is 2. The summed E-state index contributed by atoms with van der Waals surface area (Å²) >= 11 is 0. The molecule has 2 aliphatic heterocycles. The zero-order valence-corrected chi connectivity index (χ0v) is 38.2. The molecule has 4 saturated carbocycles. The van der Waals surface area contributed by atoms with Crippen LogP contribution in [0.4, 0.5) is 26.2 Å². The number of hydrogen-bond donors (Lipinski definition) is 5. The molecule has 18 nitrogen and oxygen atoms in total. The minimum Gasteiger partial charge on any atom is -0.432 e. The van der Waals surface area contributed by atoms with Crippen LogP contribution in [0.25, 0.3) is 0 Å². The molecule has 3 unspecified atom stereocenters. The van der Waals surface area contributed by atoms with Crippen molar-refractivity contribution in [2.24, 2.45) is 23.2 Å². The molecule has 5 fully saturated rings. The number of nitrogens with one attached hydrogen (secondary N) is 5. The summed E-state index contributed by atoms with van der Waals surface area (Å²) in [7, 11) is 0. The van der Waals surface area contributed by atoms with Crippen LogP contribution in [0, 0.1) is 34.5 Å². The van der Waals surface area contributed by atoms with Crippen LogP contribution in [0.15, 0.2) is 48.7 Å². The molecule has 0 spiro atoms. The standard InChI is InChI=1S/C48H59F2N9O9/c1-47(49,50)68-39-5-3-2-4-31(39)27-54-46-55-28-34(26-51)42(58-46)56-29-48-23-30-20-32(24-48)41(33(21-30)25-48)53-11-13-65-15-17-67-19-18-66-16-14-64-12-10-52-35-6-7-36-37(22-35)45(63)59(44(36)62)38-8-9-40(60)57-43(38)61/h2-7,22,28,30,32-33,38,41,52-53H,8-21,23-25,27,29H2,1H3,(H,57,60,61)(H2,54,55,56,58). The van der Waals surface area contributed by atoms with E-state index in [0.717, 1.165) is 30.7 Å². The van der Waals surface area contributed by atoms with Gasteiger partial charge in [0.2, 0.25) is 17.8 Å². The van der Waals surface area contributed by atoms with Crippen LogP contribution >= 0.6 is 0 Å². The maximum Gasteiger partial charge on any atom is 0.394 e. The predicted octanol–water partition coefficient (Wildman–Crippen LogP) is 4.73. The van der Waals surface area contributed by atoms with Crippen molar-refractivity contribution in [1.82, 2.24) is 25.5 Å². The third-order valence-corrected chi connectivity index (χ3v) is 13.4. The number of aromatic nitrogens is 2. The summed E-state index contributed by atoms with van der Waals surface area (Å²) in [5, 5.41) is 25.6. The number of amides is 4. The molecule has 1 aromatic heterocycles. The summed E-state index contributed by atoms with van der Waals surface area (Å²) in [5.41, 5.74) is 2.07. The first kappa shape index (κ1) is 48.6. The van der Waals surface area contributed by atoms with Gasteiger partial charge in [0.05, 0.1) is 70.2 Å². The zero-order valence-electron chi connectivity index (χ0n) is 38.2. The van der Waals surface area contributed by atoms with Gasteiger partial charge in [0.25, 0.3) is 11.8 Å². The van der Waals surface area contributed by atoms with E-state index in [-0.39, 0.29) is 47.6 Å². The number of alkyl halides is 2. The number of benzene rings is 2. The molecule has 0 radical (unpaired) electrons. The van der Waals surface area contributed by atoms with Gasteiger partial charge in [0.15, 0.2) is 0 Å². The highest BCUT2D eigenvalue weighted by molar-refractivity contribution is 6.23. The largest absolute Gasteiger partial charge is 0.432 e. The van der Waals surface area contributed by atoms with Crippen molar-refractivity contribution in [3.05, 3.63) is 70.9 Å². The number of anilines is 3. The van der Waals surface area contributed by atoms with E-state index in [1.54, 1.807) is 36.4 Å². The Morgan fingerprint density at radius 1 is 0.853 bits per heavy atom. The Bertz CT molecular complexity index is 2330. The molecule has 4 amide bonds. The van der Waals surface area contributed by atoms with Gasteiger partial charge < -0.3 is 45.0 Å². The van der Waals surface area contributed by atoms with Crippen molar-refractivity contribution >= 4 is 41.1 Å². The number of nitrogens with zero attached hydrogens (tertiary/aromatic N) is 4. The molecule has 20 heteroatoms. The summed E-state index contributed by atoms with van der Waals surface area (Å²) in [5.74, 6) is 0.492. The van der Waals surface area contributed by atoms with E-state index in [0.29, 0.717) is 119 Å². The number of piperidine rings is 1. The predicted molar refractivity (Wildman–Crippen MR) is 243 cm³/mol. The van der Waals surface area contributed by atoms with E-state index < -0.39 is 35.8 Å². The lowest BCUT2D eigenvalue weighted by Gasteiger charge is -2.60. The van der Waals surface area contributed by atoms with Crippen molar-refractivity contribution < 1.29 is 51.6 Å². The van der Waals surface area contributed by atoms with Gasteiger partial charge in [-0.05, 0) is 86.0 Å². The number of para-hydroxylation sites is 1. The highest BCUT2D eigenvalue weighted by atomic mass is 19.3. The summed E-state index contributed by atoms with van der Waals surface area (Å²) < 4.78 is 54.8. The second kappa shape index (κ2) is 22.1. The average molecular weight is 944 g/mol. The van der Waals surface area contributed by atoms with E-state index in [4.69, 9.17) is 23.7 Å². The van der Waals surface area contributed by atoms with E-state index in [2.05, 4.69) is 42.6 Å². The number of carbonyl (C=O) groups excluding carboxylic acids is 4. The number of nitriles is 1. The highest BCUT2D eigenvalue weighted by Gasteiger charge is 2.55. The second-order valence-electron chi connectivity index (χ2n) is 18.3. The Labute approximate surface area is 393 Å². The molecule has 9 rings (SSSR count). The average Bonchev–Trinajstić information content (AvgIpc) is 3.55. The highest BCUT2D eigenvalue weighted by Crippen LogP contribution is 2.60. The molecular weight excluding hydrogens is 885 g/mol. The molecule has 364 valence electrons. The molecule has 3 heterocycles. The molecule has 3 atom stereocenters. The normalized spacial score (nSPS) is 23.9. The SMILES string of the molecule is CC(F)(F)Oc1ccccc1CNc1ncc(C#N)c(NCC23CC4CC(C2)C(NCCOCCOCCOCCOCCNc2ccc5c(c2)C(=O)N(C2CCC(=O)NC2=O)C5=O)C(C4)C3)n1. The fourth-order valence-electron chi connectivity index (χ4n) is 10.7. The fourth-order valence-corrected chi connectivity index (χ4v) is 10.7. The molecule has 68 heavy (non-hydrogen) atoms. The van der Waals surface area contributed by atoms with Crippen LogP contribution in [0.1, 0.15) is 83.7 Å². The lowest BCUT2D eigenvalue weighted by molar-refractivity contribution is -0.159. The van der Waals surface area contributed by atoms with E-state index >= 15 is 0 Å². The van der Waals surface area contributed by atoms with Crippen molar-refractivity contribution in [2.75, 3.05) is 88.4 Å². The van der Waals surface area contributed by atoms with Gasteiger partial charge in [-0.25, -0.2) is 4.98 Å². The number of carbonyl (C=O) groups is 4. The van der Waals surface area contributed by atoms with Gasteiger partial charge in [-0.3, -0.25) is 29.4 Å². The Morgan fingerprint density at radius 2 is 1.53 bits per heavy atom. The molecule has 3 aromatic rings. The van der Waals surface area contributed by atoms with Crippen molar-refractivity contribution in [2.45, 2.75) is 76.6 Å². The first-order chi connectivity index (χ1) is 32.9. The Balaban J connectivity index is 0.652. The zero-order chi connectivity index (χ0) is 47.7. The third-order valence-electron chi connectivity index (χ3n) is 13.4. The number of hydrogen-bond acceptors (Lipinski definition) is 16. The van der Waals surface area contributed by atoms with Crippen molar-refractivity contribution in [3.63, 3.8) is 0 Å². The summed E-state index contributed by atoms with van der Waals surface area (Å²) in [6.45, 7) is 6.41. The summed E-state index contributed by atoms with van der Waals surface area (Å²) in [4.78, 5) is 59.6. The lowest BCUT2D eigenvalue weighted by atomic mass is 9.48. The molecule has 6 aliphatic rings. The minimum absolute atomic E-state index is 0.0659. The van der Waals surface area contributed by atoms with E-state index in [1.807, 2.05) is 0 Å². The quantitative estimate of drug-likeness (QED) is 0.0542. The first-order valence-corrected chi connectivity index (χ1v) is 23.4.